The summed E-state index contributed by atoms with van der Waals surface area (Å²) in [6.45, 7) is 3.73. The molecule has 6 nitrogen and oxygen atoms in total. The number of hydrogen-bond acceptors (Lipinski definition) is 4. The highest BCUT2D eigenvalue weighted by atomic mass is 32.2. The van der Waals surface area contributed by atoms with E-state index in [1.165, 1.54) is 0 Å². The van der Waals surface area contributed by atoms with Crippen LogP contribution in [0.1, 0.15) is 26.7 Å². The molecule has 20 heavy (non-hydrogen) atoms. The summed E-state index contributed by atoms with van der Waals surface area (Å²) in [7, 11) is -3.30. The highest BCUT2D eigenvalue weighted by Gasteiger charge is 2.29. The van der Waals surface area contributed by atoms with Crippen LogP contribution in [-0.4, -0.2) is 26.1 Å². The zero-order chi connectivity index (χ0) is 15.4. The summed E-state index contributed by atoms with van der Waals surface area (Å²) in [5, 5.41) is 2.73. The van der Waals surface area contributed by atoms with E-state index < -0.39 is 15.6 Å². The van der Waals surface area contributed by atoms with Crippen molar-refractivity contribution >= 4 is 27.3 Å². The number of sulfonamides is 1. The van der Waals surface area contributed by atoms with Gasteiger partial charge in [0.05, 0.1) is 11.8 Å². The maximum Gasteiger partial charge on any atom is 0.244 e. The molecule has 0 spiro atoms. The second-order valence-corrected chi connectivity index (χ2v) is 6.52. The highest BCUT2D eigenvalue weighted by Crippen LogP contribution is 2.18. The van der Waals surface area contributed by atoms with E-state index in [0.29, 0.717) is 24.2 Å². The molecule has 1 amide bonds. The van der Waals surface area contributed by atoms with Crippen LogP contribution in [0.2, 0.25) is 0 Å². The van der Waals surface area contributed by atoms with Gasteiger partial charge >= 0.3 is 0 Å². The maximum atomic E-state index is 12.1. The minimum atomic E-state index is -3.30. The first-order valence-electron chi connectivity index (χ1n) is 6.38. The van der Waals surface area contributed by atoms with Crippen LogP contribution in [0, 0.1) is 0 Å². The second kappa shape index (κ2) is 6.23. The Morgan fingerprint density at radius 3 is 2.00 bits per heavy atom. The van der Waals surface area contributed by atoms with Gasteiger partial charge in [0.15, 0.2) is 0 Å². The zero-order valence-electron chi connectivity index (χ0n) is 11.9. The van der Waals surface area contributed by atoms with Gasteiger partial charge < -0.3 is 11.1 Å². The number of rotatable bonds is 6. The molecule has 0 saturated carbocycles. The Kier molecular flexibility index (Phi) is 5.13. The van der Waals surface area contributed by atoms with Gasteiger partial charge in [0.25, 0.3) is 0 Å². The van der Waals surface area contributed by atoms with Crippen LogP contribution in [0.3, 0.4) is 0 Å². The van der Waals surface area contributed by atoms with E-state index in [1.807, 2.05) is 13.8 Å². The average Bonchev–Trinajstić information content (AvgIpc) is 2.38. The Balaban J connectivity index is 2.78. The molecule has 0 atom stereocenters. The van der Waals surface area contributed by atoms with Gasteiger partial charge in [0.1, 0.15) is 0 Å². The topological polar surface area (TPSA) is 101 Å². The van der Waals surface area contributed by atoms with Gasteiger partial charge in [-0.15, -0.1) is 0 Å². The lowest BCUT2D eigenvalue weighted by Gasteiger charge is -2.25. The Morgan fingerprint density at radius 1 is 1.15 bits per heavy atom. The summed E-state index contributed by atoms with van der Waals surface area (Å²) in [4.78, 5) is 12.1. The molecule has 0 aliphatic rings. The fraction of sp³-hybridized carbons (Fsp3) is 0.462. The molecule has 1 aromatic carbocycles. The summed E-state index contributed by atoms with van der Waals surface area (Å²) in [6.07, 6.45) is 2.17. The van der Waals surface area contributed by atoms with Crippen molar-refractivity contribution in [2.24, 2.45) is 5.73 Å². The molecule has 0 aliphatic carbocycles. The van der Waals surface area contributed by atoms with Crippen molar-refractivity contribution in [1.82, 2.24) is 0 Å². The number of carbonyl (C=O) groups is 1. The standard InChI is InChI=1S/C13H21N3O3S/c1-4-13(14,5-2)12(17)15-10-6-8-11(9-7-10)16-20(3,18)19/h6-9,16H,4-5,14H2,1-3H3,(H,15,17). The average molecular weight is 299 g/mol. The van der Waals surface area contributed by atoms with Crippen LogP contribution >= 0.6 is 0 Å². The predicted molar refractivity (Wildman–Crippen MR) is 81.0 cm³/mol. The largest absolute Gasteiger partial charge is 0.324 e. The molecule has 0 aliphatic heterocycles. The molecule has 0 aromatic heterocycles. The van der Waals surface area contributed by atoms with Gasteiger partial charge in [0.2, 0.25) is 15.9 Å². The minimum absolute atomic E-state index is 0.244. The molecule has 0 bridgehead atoms. The quantitative estimate of drug-likeness (QED) is 0.741. The van der Waals surface area contributed by atoms with Crippen LogP contribution in [0.5, 0.6) is 0 Å². The molecule has 0 saturated heterocycles. The Labute approximate surface area is 119 Å². The molecule has 0 radical (unpaired) electrons. The van der Waals surface area contributed by atoms with E-state index in [1.54, 1.807) is 24.3 Å². The normalized spacial score (nSPS) is 12.0. The minimum Gasteiger partial charge on any atom is -0.324 e. The first kappa shape index (κ1) is 16.5. The van der Waals surface area contributed by atoms with E-state index in [2.05, 4.69) is 10.0 Å². The van der Waals surface area contributed by atoms with Crippen molar-refractivity contribution in [3.63, 3.8) is 0 Å². The molecular formula is C13H21N3O3S. The molecule has 0 fully saturated rings. The fourth-order valence-corrected chi connectivity index (χ4v) is 2.23. The second-order valence-electron chi connectivity index (χ2n) is 4.77. The van der Waals surface area contributed by atoms with E-state index in [4.69, 9.17) is 5.73 Å². The zero-order valence-corrected chi connectivity index (χ0v) is 12.8. The van der Waals surface area contributed by atoms with Crippen LogP contribution < -0.4 is 15.8 Å². The highest BCUT2D eigenvalue weighted by molar-refractivity contribution is 7.92. The molecule has 0 heterocycles. The summed E-state index contributed by atoms with van der Waals surface area (Å²) >= 11 is 0. The van der Waals surface area contributed by atoms with E-state index in [0.717, 1.165) is 6.26 Å². The summed E-state index contributed by atoms with van der Waals surface area (Å²) in [5.41, 5.74) is 6.13. The predicted octanol–water partition coefficient (Wildman–Crippen LogP) is 1.51. The number of amides is 1. The molecule has 112 valence electrons. The summed E-state index contributed by atoms with van der Waals surface area (Å²) < 4.78 is 24.5. The first-order chi connectivity index (χ1) is 9.20. The number of nitrogens with one attached hydrogen (secondary N) is 2. The molecular weight excluding hydrogens is 278 g/mol. The number of carbonyl (C=O) groups excluding carboxylic acids is 1. The maximum absolute atomic E-state index is 12.1. The monoisotopic (exact) mass is 299 g/mol. The SMILES string of the molecule is CCC(N)(CC)C(=O)Nc1ccc(NS(C)(=O)=O)cc1. The number of hydrogen-bond donors (Lipinski definition) is 3. The third kappa shape index (κ3) is 4.50. The third-order valence-electron chi connectivity index (χ3n) is 3.16. The van der Waals surface area contributed by atoms with Gasteiger partial charge in [-0.25, -0.2) is 8.42 Å². The van der Waals surface area contributed by atoms with Crippen molar-refractivity contribution in [2.75, 3.05) is 16.3 Å². The van der Waals surface area contributed by atoms with Crippen molar-refractivity contribution in [2.45, 2.75) is 32.2 Å². The summed E-state index contributed by atoms with van der Waals surface area (Å²) in [6, 6.07) is 6.40. The van der Waals surface area contributed by atoms with Crippen molar-refractivity contribution in [3.8, 4) is 0 Å². The Morgan fingerprint density at radius 2 is 1.60 bits per heavy atom. The van der Waals surface area contributed by atoms with Gasteiger partial charge in [-0.05, 0) is 37.1 Å². The number of nitrogens with two attached hydrogens (primary N) is 1. The molecule has 7 heteroatoms. The van der Waals surface area contributed by atoms with Gasteiger partial charge in [-0.3, -0.25) is 9.52 Å². The van der Waals surface area contributed by atoms with Crippen LogP contribution in [0.4, 0.5) is 11.4 Å². The summed E-state index contributed by atoms with van der Waals surface area (Å²) in [5.74, 6) is -0.244. The molecule has 4 N–H and O–H groups in total. The van der Waals surface area contributed by atoms with Crippen LogP contribution in [-0.2, 0) is 14.8 Å². The van der Waals surface area contributed by atoms with Gasteiger partial charge in [-0.1, -0.05) is 13.8 Å². The molecule has 1 rings (SSSR count). The van der Waals surface area contributed by atoms with E-state index in [-0.39, 0.29) is 5.91 Å². The van der Waals surface area contributed by atoms with E-state index in [9.17, 15) is 13.2 Å². The van der Waals surface area contributed by atoms with Gasteiger partial charge in [0, 0.05) is 11.4 Å². The lowest BCUT2D eigenvalue weighted by molar-refractivity contribution is -0.121. The molecule has 0 unspecified atom stereocenters. The van der Waals surface area contributed by atoms with Crippen LogP contribution in [0.15, 0.2) is 24.3 Å². The van der Waals surface area contributed by atoms with Crippen molar-refractivity contribution in [1.29, 1.82) is 0 Å². The first-order valence-corrected chi connectivity index (χ1v) is 8.27. The lowest BCUT2D eigenvalue weighted by Crippen LogP contribution is -2.50. The smallest absolute Gasteiger partial charge is 0.244 e. The fourth-order valence-electron chi connectivity index (χ4n) is 1.66. The third-order valence-corrected chi connectivity index (χ3v) is 3.77. The van der Waals surface area contributed by atoms with E-state index >= 15 is 0 Å². The Hall–Kier alpha value is -1.60. The number of anilines is 2. The Bertz CT molecular complexity index is 563. The van der Waals surface area contributed by atoms with Crippen molar-refractivity contribution < 1.29 is 13.2 Å². The van der Waals surface area contributed by atoms with Crippen LogP contribution in [0.25, 0.3) is 0 Å². The number of benzene rings is 1. The molecule has 1 aromatic rings. The van der Waals surface area contributed by atoms with Crippen molar-refractivity contribution in [3.05, 3.63) is 24.3 Å². The van der Waals surface area contributed by atoms with Gasteiger partial charge in [-0.2, -0.15) is 0 Å². The lowest BCUT2D eigenvalue weighted by atomic mass is 9.93.